The Labute approximate surface area is 124 Å². The molecule has 1 aromatic carbocycles. The summed E-state index contributed by atoms with van der Waals surface area (Å²) in [6, 6.07) is 3.08. The average molecular weight is 339 g/mol. The first kappa shape index (κ1) is 16.6. The van der Waals surface area contributed by atoms with E-state index in [0.29, 0.717) is 5.56 Å². The number of rotatable bonds is 2. The lowest BCUT2D eigenvalue weighted by Gasteiger charge is -2.24. The Hall–Kier alpha value is -1.81. The number of hydrogen-bond acceptors (Lipinski definition) is 4. The first-order chi connectivity index (χ1) is 10.0. The predicted octanol–water partition coefficient (Wildman–Crippen LogP) is 2.43. The van der Waals surface area contributed by atoms with Gasteiger partial charge in [0.25, 0.3) is 0 Å². The number of alkyl halides is 3. The molecular formula is C12H12F3NO5S. The molecule has 1 saturated heterocycles. The zero-order chi connectivity index (χ0) is 16.7. The molecule has 10 heteroatoms. The summed E-state index contributed by atoms with van der Waals surface area (Å²) < 4.78 is 65.2. The van der Waals surface area contributed by atoms with Gasteiger partial charge in [0.2, 0.25) is 0 Å². The SMILES string of the molecule is CC(c1ccc(C(F)(F)F)cc1)[C@H]1COS(=O)(=O)N1C(=O)O. The molecule has 0 bridgehead atoms. The fraction of sp³-hybridized carbons (Fsp3) is 0.417. The van der Waals surface area contributed by atoms with E-state index in [4.69, 9.17) is 5.11 Å². The van der Waals surface area contributed by atoms with Gasteiger partial charge in [0.05, 0.1) is 18.2 Å². The second kappa shape index (κ2) is 5.43. The van der Waals surface area contributed by atoms with Crippen LogP contribution in [-0.2, 0) is 20.7 Å². The summed E-state index contributed by atoms with van der Waals surface area (Å²) in [6.07, 6.45) is -6.17. The molecule has 2 atom stereocenters. The molecule has 0 aliphatic carbocycles. The van der Waals surface area contributed by atoms with Gasteiger partial charge in [0, 0.05) is 5.92 Å². The summed E-state index contributed by atoms with van der Waals surface area (Å²) in [4.78, 5) is 11.1. The van der Waals surface area contributed by atoms with E-state index in [1.54, 1.807) is 0 Å². The molecule has 1 aliphatic heterocycles. The average Bonchev–Trinajstić information content (AvgIpc) is 2.72. The minimum atomic E-state index is -4.48. The number of hydrogen-bond donors (Lipinski definition) is 1. The monoisotopic (exact) mass is 339 g/mol. The molecule has 22 heavy (non-hydrogen) atoms. The highest BCUT2D eigenvalue weighted by atomic mass is 32.2. The molecule has 1 N–H and O–H groups in total. The minimum Gasteiger partial charge on any atom is -0.464 e. The van der Waals surface area contributed by atoms with Crippen LogP contribution in [0.25, 0.3) is 0 Å². The lowest BCUT2D eigenvalue weighted by atomic mass is 9.93. The van der Waals surface area contributed by atoms with E-state index in [9.17, 15) is 26.4 Å². The third kappa shape index (κ3) is 3.02. The Morgan fingerprint density at radius 1 is 1.36 bits per heavy atom. The number of halogens is 3. The lowest BCUT2D eigenvalue weighted by molar-refractivity contribution is -0.137. The zero-order valence-electron chi connectivity index (χ0n) is 11.2. The van der Waals surface area contributed by atoms with Crippen LogP contribution in [0.4, 0.5) is 18.0 Å². The van der Waals surface area contributed by atoms with Crippen LogP contribution in [0.2, 0.25) is 0 Å². The van der Waals surface area contributed by atoms with Crippen molar-refractivity contribution in [1.82, 2.24) is 4.31 Å². The molecule has 1 aliphatic rings. The van der Waals surface area contributed by atoms with Crippen molar-refractivity contribution in [2.45, 2.75) is 25.1 Å². The second-order valence-corrected chi connectivity index (χ2v) is 6.28. The van der Waals surface area contributed by atoms with Gasteiger partial charge in [-0.2, -0.15) is 25.9 Å². The maximum absolute atomic E-state index is 12.5. The molecule has 1 aromatic rings. The molecule has 0 spiro atoms. The van der Waals surface area contributed by atoms with Crippen LogP contribution in [0.3, 0.4) is 0 Å². The van der Waals surface area contributed by atoms with E-state index >= 15 is 0 Å². The van der Waals surface area contributed by atoms with Crippen molar-refractivity contribution in [2.75, 3.05) is 6.61 Å². The van der Waals surface area contributed by atoms with Crippen LogP contribution in [-0.4, -0.2) is 36.6 Å². The van der Waals surface area contributed by atoms with Crippen LogP contribution in [0.1, 0.15) is 24.0 Å². The largest absolute Gasteiger partial charge is 0.464 e. The first-order valence-electron chi connectivity index (χ1n) is 6.13. The standard InChI is InChI=1S/C12H12F3NO5S/c1-7(8-2-4-9(5-3-8)12(13,14)15)10-6-21-22(19,20)16(10)11(17)18/h2-5,7,10H,6H2,1H3,(H,17,18)/t7?,10-/m1/s1. The van der Waals surface area contributed by atoms with Crippen LogP contribution in [0.15, 0.2) is 24.3 Å². The van der Waals surface area contributed by atoms with E-state index in [1.165, 1.54) is 19.1 Å². The first-order valence-corrected chi connectivity index (χ1v) is 7.49. The number of benzene rings is 1. The summed E-state index contributed by atoms with van der Waals surface area (Å²) in [5.74, 6) is -0.657. The Balaban J connectivity index is 2.28. The van der Waals surface area contributed by atoms with Gasteiger partial charge >= 0.3 is 22.6 Å². The van der Waals surface area contributed by atoms with Crippen LogP contribution in [0, 0.1) is 0 Å². The summed E-state index contributed by atoms with van der Waals surface area (Å²) in [5, 5.41) is 8.98. The Morgan fingerprint density at radius 2 is 1.91 bits per heavy atom. The topological polar surface area (TPSA) is 83.9 Å². The molecule has 0 aromatic heterocycles. The highest BCUT2D eigenvalue weighted by Gasteiger charge is 2.45. The van der Waals surface area contributed by atoms with Gasteiger partial charge in [-0.1, -0.05) is 19.1 Å². The molecule has 0 radical (unpaired) electrons. The van der Waals surface area contributed by atoms with Crippen LogP contribution < -0.4 is 0 Å². The van der Waals surface area contributed by atoms with Gasteiger partial charge in [0.1, 0.15) is 0 Å². The van der Waals surface area contributed by atoms with Crippen LogP contribution in [0.5, 0.6) is 0 Å². The normalized spacial score (nSPS) is 22.5. The fourth-order valence-electron chi connectivity index (χ4n) is 2.23. The molecule has 0 saturated carbocycles. The van der Waals surface area contributed by atoms with Crippen molar-refractivity contribution in [2.24, 2.45) is 0 Å². The van der Waals surface area contributed by atoms with Crippen LogP contribution >= 0.6 is 0 Å². The third-order valence-corrected chi connectivity index (χ3v) is 4.80. The van der Waals surface area contributed by atoms with Gasteiger partial charge < -0.3 is 5.11 Å². The quantitative estimate of drug-likeness (QED) is 0.895. The van der Waals surface area contributed by atoms with Crippen molar-refractivity contribution in [3.8, 4) is 0 Å². The fourth-order valence-corrected chi connectivity index (χ4v) is 3.42. The molecule has 1 amide bonds. The highest BCUT2D eigenvalue weighted by molar-refractivity contribution is 7.85. The maximum Gasteiger partial charge on any atom is 0.423 e. The van der Waals surface area contributed by atoms with E-state index in [0.717, 1.165) is 12.1 Å². The Morgan fingerprint density at radius 3 is 2.36 bits per heavy atom. The van der Waals surface area contributed by atoms with Crippen molar-refractivity contribution in [1.29, 1.82) is 0 Å². The predicted molar refractivity (Wildman–Crippen MR) is 68.4 cm³/mol. The van der Waals surface area contributed by atoms with E-state index in [-0.39, 0.29) is 10.9 Å². The van der Waals surface area contributed by atoms with Gasteiger partial charge in [-0.05, 0) is 17.7 Å². The molecule has 1 unspecified atom stereocenters. The number of amides is 1. The zero-order valence-corrected chi connectivity index (χ0v) is 12.1. The number of carboxylic acid groups (broad SMARTS) is 1. The molecule has 1 heterocycles. The van der Waals surface area contributed by atoms with Gasteiger partial charge in [-0.15, -0.1) is 0 Å². The molecule has 122 valence electrons. The Kier molecular flexibility index (Phi) is 4.09. The molecule has 1 fully saturated rings. The van der Waals surface area contributed by atoms with Crippen molar-refractivity contribution < 1.29 is 35.7 Å². The van der Waals surface area contributed by atoms with Gasteiger partial charge in [0.15, 0.2) is 0 Å². The van der Waals surface area contributed by atoms with E-state index in [1.807, 2.05) is 0 Å². The van der Waals surface area contributed by atoms with Crippen molar-refractivity contribution >= 4 is 16.4 Å². The molecular weight excluding hydrogens is 327 g/mol. The highest BCUT2D eigenvalue weighted by Crippen LogP contribution is 2.33. The van der Waals surface area contributed by atoms with Gasteiger partial charge in [-0.25, -0.2) is 4.79 Å². The summed E-state index contributed by atoms with van der Waals surface area (Å²) in [5.41, 5.74) is -0.459. The van der Waals surface area contributed by atoms with Crippen molar-refractivity contribution in [3.63, 3.8) is 0 Å². The number of nitrogens with zero attached hydrogens (tertiary/aromatic N) is 1. The maximum atomic E-state index is 12.5. The molecule has 6 nitrogen and oxygen atoms in total. The number of carbonyl (C=O) groups is 1. The second-order valence-electron chi connectivity index (χ2n) is 4.80. The smallest absolute Gasteiger partial charge is 0.423 e. The van der Waals surface area contributed by atoms with Crippen molar-refractivity contribution in [3.05, 3.63) is 35.4 Å². The summed E-state index contributed by atoms with van der Waals surface area (Å²) >= 11 is 0. The molecule has 2 rings (SSSR count). The minimum absolute atomic E-state index is 0.190. The van der Waals surface area contributed by atoms with E-state index < -0.39 is 40.1 Å². The van der Waals surface area contributed by atoms with E-state index in [2.05, 4.69) is 4.18 Å². The Bertz CT molecular complexity index is 671. The van der Waals surface area contributed by atoms with Gasteiger partial charge in [-0.3, -0.25) is 4.18 Å². The summed E-state index contributed by atoms with van der Waals surface area (Å²) in [7, 11) is -4.37. The summed E-state index contributed by atoms with van der Waals surface area (Å²) in [6.45, 7) is 1.14. The lowest BCUT2D eigenvalue weighted by Crippen LogP contribution is -2.41. The third-order valence-electron chi connectivity index (χ3n) is 3.46.